The summed E-state index contributed by atoms with van der Waals surface area (Å²) < 4.78 is 4.01. The van der Waals surface area contributed by atoms with Gasteiger partial charge in [-0.1, -0.05) is 6.92 Å². The Hall–Kier alpha value is -1.40. The van der Waals surface area contributed by atoms with Crippen LogP contribution in [0.15, 0.2) is 11.6 Å². The van der Waals surface area contributed by atoms with E-state index in [1.54, 1.807) is 11.3 Å². The third-order valence-corrected chi connectivity index (χ3v) is 4.25. The van der Waals surface area contributed by atoms with Crippen molar-refractivity contribution in [3.63, 3.8) is 0 Å². The maximum Gasteiger partial charge on any atom is 0.159 e. The standard InChI is InChI=1S/C13H16ClN5S/c1-4-9-11-13(18(3)17-9)19(12(16-11)8(2)14)7-10-15-5-6-20-10/h5-6,8H,4,7H2,1-3H3. The highest BCUT2D eigenvalue weighted by Crippen LogP contribution is 2.27. The van der Waals surface area contributed by atoms with Crippen molar-refractivity contribution < 1.29 is 0 Å². The molecule has 0 N–H and O–H groups in total. The van der Waals surface area contributed by atoms with Gasteiger partial charge < -0.3 is 4.57 Å². The molecule has 1 atom stereocenters. The molecule has 7 heteroatoms. The maximum absolute atomic E-state index is 6.29. The number of hydrogen-bond acceptors (Lipinski definition) is 4. The number of aromatic nitrogens is 5. The van der Waals surface area contributed by atoms with Crippen LogP contribution in [0.4, 0.5) is 0 Å². The van der Waals surface area contributed by atoms with Gasteiger partial charge in [0.05, 0.1) is 17.6 Å². The zero-order chi connectivity index (χ0) is 14.3. The van der Waals surface area contributed by atoms with Crippen molar-refractivity contribution in [2.75, 3.05) is 0 Å². The van der Waals surface area contributed by atoms with Crippen LogP contribution in [0.3, 0.4) is 0 Å². The minimum Gasteiger partial charge on any atom is -0.305 e. The van der Waals surface area contributed by atoms with E-state index in [0.717, 1.165) is 34.1 Å². The number of imidazole rings is 1. The van der Waals surface area contributed by atoms with Gasteiger partial charge in [-0.3, -0.25) is 4.68 Å². The molecule has 0 bridgehead atoms. The highest BCUT2D eigenvalue weighted by Gasteiger charge is 2.21. The number of alkyl halides is 1. The number of rotatable bonds is 4. The van der Waals surface area contributed by atoms with Crippen molar-refractivity contribution in [1.82, 2.24) is 24.3 Å². The Morgan fingerprint density at radius 1 is 1.45 bits per heavy atom. The van der Waals surface area contributed by atoms with Gasteiger partial charge in [0.15, 0.2) is 5.65 Å². The molecule has 1 unspecified atom stereocenters. The second kappa shape index (κ2) is 5.18. The summed E-state index contributed by atoms with van der Waals surface area (Å²) in [5.74, 6) is 0.875. The summed E-state index contributed by atoms with van der Waals surface area (Å²) in [4.78, 5) is 9.06. The van der Waals surface area contributed by atoms with E-state index in [9.17, 15) is 0 Å². The fraction of sp³-hybridized carbons (Fsp3) is 0.462. The lowest BCUT2D eigenvalue weighted by molar-refractivity contribution is 0.681. The Labute approximate surface area is 126 Å². The van der Waals surface area contributed by atoms with Gasteiger partial charge >= 0.3 is 0 Å². The molecule has 0 fully saturated rings. The average Bonchev–Trinajstić information content (AvgIpc) is 3.08. The fourth-order valence-electron chi connectivity index (χ4n) is 2.42. The lowest BCUT2D eigenvalue weighted by Crippen LogP contribution is -2.09. The largest absolute Gasteiger partial charge is 0.305 e. The lowest BCUT2D eigenvalue weighted by atomic mass is 10.3. The SMILES string of the molecule is CCc1nn(C)c2c1nc(C(C)Cl)n2Cc1nccs1. The van der Waals surface area contributed by atoms with Crippen LogP contribution in [0.1, 0.15) is 35.8 Å². The van der Waals surface area contributed by atoms with E-state index in [2.05, 4.69) is 21.6 Å². The van der Waals surface area contributed by atoms with E-state index in [4.69, 9.17) is 16.6 Å². The Morgan fingerprint density at radius 2 is 2.25 bits per heavy atom. The molecule has 0 aromatic carbocycles. The Morgan fingerprint density at radius 3 is 2.85 bits per heavy atom. The first-order valence-electron chi connectivity index (χ1n) is 6.56. The number of thiazole rings is 1. The van der Waals surface area contributed by atoms with E-state index in [-0.39, 0.29) is 5.38 Å². The normalized spacial score (nSPS) is 13.2. The van der Waals surface area contributed by atoms with E-state index >= 15 is 0 Å². The first-order chi connectivity index (χ1) is 9.61. The monoisotopic (exact) mass is 309 g/mol. The average molecular weight is 310 g/mol. The van der Waals surface area contributed by atoms with Crippen LogP contribution < -0.4 is 0 Å². The zero-order valence-corrected chi connectivity index (χ0v) is 13.2. The topological polar surface area (TPSA) is 48.5 Å². The van der Waals surface area contributed by atoms with Crippen LogP contribution >= 0.6 is 22.9 Å². The maximum atomic E-state index is 6.29. The molecule has 0 saturated heterocycles. The molecule has 0 radical (unpaired) electrons. The predicted octanol–water partition coefficient (Wildman–Crippen LogP) is 3.14. The summed E-state index contributed by atoms with van der Waals surface area (Å²) >= 11 is 7.93. The van der Waals surface area contributed by atoms with Gasteiger partial charge in [0, 0.05) is 18.6 Å². The molecule has 0 aliphatic carbocycles. The molecule has 0 aliphatic heterocycles. The van der Waals surface area contributed by atoms with Gasteiger partial charge in [0.25, 0.3) is 0 Å². The molecular weight excluding hydrogens is 294 g/mol. The second-order valence-corrected chi connectivity index (χ2v) is 6.33. The highest BCUT2D eigenvalue weighted by molar-refractivity contribution is 7.09. The lowest BCUT2D eigenvalue weighted by Gasteiger charge is -2.09. The summed E-state index contributed by atoms with van der Waals surface area (Å²) in [6.07, 6.45) is 2.68. The fourth-order valence-corrected chi connectivity index (χ4v) is 3.19. The molecule has 0 aliphatic rings. The number of aryl methyl sites for hydroxylation is 2. The van der Waals surface area contributed by atoms with Crippen LogP contribution in [0.25, 0.3) is 11.2 Å². The minimum atomic E-state index is -0.146. The number of hydrogen-bond donors (Lipinski definition) is 0. The summed E-state index contributed by atoms with van der Waals surface area (Å²) in [7, 11) is 1.95. The van der Waals surface area contributed by atoms with Gasteiger partial charge in [0.2, 0.25) is 0 Å². The third-order valence-electron chi connectivity index (χ3n) is 3.29. The second-order valence-electron chi connectivity index (χ2n) is 4.69. The van der Waals surface area contributed by atoms with E-state index in [1.165, 1.54) is 0 Å². The quantitative estimate of drug-likeness (QED) is 0.696. The summed E-state index contributed by atoms with van der Waals surface area (Å²) in [6, 6.07) is 0. The van der Waals surface area contributed by atoms with Gasteiger partial charge in [-0.05, 0) is 13.3 Å². The summed E-state index contributed by atoms with van der Waals surface area (Å²) in [5, 5.41) is 7.41. The van der Waals surface area contributed by atoms with Gasteiger partial charge in [-0.25, -0.2) is 9.97 Å². The first kappa shape index (κ1) is 13.6. The molecule has 106 valence electrons. The van der Waals surface area contributed by atoms with Crippen LogP contribution in [0, 0.1) is 0 Å². The van der Waals surface area contributed by atoms with Crippen LogP contribution in [-0.2, 0) is 20.0 Å². The van der Waals surface area contributed by atoms with E-state index < -0.39 is 0 Å². The first-order valence-corrected chi connectivity index (χ1v) is 7.87. The molecule has 3 heterocycles. The predicted molar refractivity (Wildman–Crippen MR) is 81.4 cm³/mol. The van der Waals surface area contributed by atoms with Crippen molar-refractivity contribution in [3.05, 3.63) is 28.1 Å². The van der Waals surface area contributed by atoms with Gasteiger partial charge in [-0.2, -0.15) is 5.10 Å². The molecule has 20 heavy (non-hydrogen) atoms. The summed E-state index contributed by atoms with van der Waals surface area (Å²) in [5.41, 5.74) is 2.98. The number of nitrogens with zero attached hydrogens (tertiary/aromatic N) is 5. The number of fused-ring (bicyclic) bond motifs is 1. The molecule has 3 aromatic rings. The van der Waals surface area contributed by atoms with Gasteiger partial charge in [-0.15, -0.1) is 22.9 Å². The highest BCUT2D eigenvalue weighted by atomic mass is 35.5. The van der Waals surface area contributed by atoms with Crippen LogP contribution in [0.5, 0.6) is 0 Å². The van der Waals surface area contributed by atoms with Crippen molar-refractivity contribution in [2.24, 2.45) is 7.05 Å². The third kappa shape index (κ3) is 2.13. The molecule has 0 amide bonds. The van der Waals surface area contributed by atoms with Crippen molar-refractivity contribution in [1.29, 1.82) is 0 Å². The smallest absolute Gasteiger partial charge is 0.159 e. The van der Waals surface area contributed by atoms with Crippen molar-refractivity contribution in [3.8, 4) is 0 Å². The molecule has 0 spiro atoms. The molecule has 3 rings (SSSR count). The van der Waals surface area contributed by atoms with Gasteiger partial charge in [0.1, 0.15) is 16.3 Å². The molecule has 3 aromatic heterocycles. The number of halogens is 1. The minimum absolute atomic E-state index is 0.146. The Bertz CT molecular complexity index is 726. The van der Waals surface area contributed by atoms with Crippen molar-refractivity contribution in [2.45, 2.75) is 32.2 Å². The molecule has 0 saturated carbocycles. The zero-order valence-electron chi connectivity index (χ0n) is 11.7. The molecular formula is C13H16ClN5S. The van der Waals surface area contributed by atoms with Crippen molar-refractivity contribution >= 4 is 34.1 Å². The van der Waals surface area contributed by atoms with Crippen LogP contribution in [0.2, 0.25) is 0 Å². The summed E-state index contributed by atoms with van der Waals surface area (Å²) in [6.45, 7) is 4.72. The van der Waals surface area contributed by atoms with E-state index in [1.807, 2.05) is 30.2 Å². The van der Waals surface area contributed by atoms with E-state index in [0.29, 0.717) is 6.54 Å². The Kier molecular flexibility index (Phi) is 3.52. The Balaban J connectivity index is 2.20. The van der Waals surface area contributed by atoms with Crippen LogP contribution in [-0.4, -0.2) is 24.3 Å². The molecule has 5 nitrogen and oxygen atoms in total.